The summed E-state index contributed by atoms with van der Waals surface area (Å²) < 4.78 is 0. The molecule has 0 saturated heterocycles. The van der Waals surface area contributed by atoms with Crippen LogP contribution < -0.4 is 5.32 Å². The van der Waals surface area contributed by atoms with Gasteiger partial charge in [-0.15, -0.1) is 0 Å². The number of nitrogens with one attached hydrogen (secondary N) is 1. The van der Waals surface area contributed by atoms with E-state index in [0.717, 1.165) is 25.3 Å². The van der Waals surface area contributed by atoms with E-state index in [-0.39, 0.29) is 12.1 Å². The Morgan fingerprint density at radius 3 is 2.53 bits per heavy atom. The van der Waals surface area contributed by atoms with Crippen molar-refractivity contribution in [3.63, 3.8) is 0 Å². The third-order valence-electron chi connectivity index (χ3n) is 5.12. The van der Waals surface area contributed by atoms with Gasteiger partial charge in [-0.05, 0) is 44.6 Å². The lowest BCUT2D eigenvalue weighted by molar-refractivity contribution is 0.116. The molecule has 0 heterocycles. The first-order chi connectivity index (χ1) is 9.08. The minimum atomic E-state index is -0.0220. The highest BCUT2D eigenvalue weighted by Crippen LogP contribution is 2.35. The molecule has 2 aliphatic rings. The molecule has 0 amide bonds. The molecule has 2 unspecified atom stereocenters. The molecule has 2 atom stereocenters. The molecular formula is C16H32N2O. The highest BCUT2D eigenvalue weighted by molar-refractivity contribution is 5.00. The summed E-state index contributed by atoms with van der Waals surface area (Å²) in [4.78, 5) is 2.67. The van der Waals surface area contributed by atoms with Gasteiger partial charge in [0.25, 0.3) is 0 Å². The number of aliphatic hydroxyl groups is 1. The molecule has 0 aromatic rings. The van der Waals surface area contributed by atoms with Gasteiger partial charge in [-0.25, -0.2) is 0 Å². The Morgan fingerprint density at radius 2 is 2.05 bits per heavy atom. The highest BCUT2D eigenvalue weighted by atomic mass is 16.3. The van der Waals surface area contributed by atoms with E-state index in [0.29, 0.717) is 12.1 Å². The van der Waals surface area contributed by atoms with Gasteiger partial charge in [0.1, 0.15) is 0 Å². The normalized spacial score (nSPS) is 32.2. The van der Waals surface area contributed by atoms with Gasteiger partial charge >= 0.3 is 0 Å². The van der Waals surface area contributed by atoms with Crippen molar-refractivity contribution in [2.45, 2.75) is 76.9 Å². The van der Waals surface area contributed by atoms with Gasteiger partial charge in [-0.1, -0.05) is 27.2 Å². The lowest BCUT2D eigenvalue weighted by Gasteiger charge is -2.37. The van der Waals surface area contributed by atoms with Crippen molar-refractivity contribution in [3.05, 3.63) is 0 Å². The summed E-state index contributed by atoms with van der Waals surface area (Å²) in [6.45, 7) is 9.36. The van der Waals surface area contributed by atoms with Crippen LogP contribution in [-0.4, -0.2) is 47.3 Å². The molecule has 0 aliphatic heterocycles. The fourth-order valence-corrected chi connectivity index (χ4v) is 3.89. The maximum absolute atomic E-state index is 9.80. The van der Waals surface area contributed by atoms with E-state index in [1.54, 1.807) is 0 Å². The van der Waals surface area contributed by atoms with Crippen LogP contribution in [0, 0.1) is 5.92 Å². The van der Waals surface area contributed by atoms with E-state index in [4.69, 9.17) is 0 Å². The molecule has 0 aromatic carbocycles. The van der Waals surface area contributed by atoms with Crippen LogP contribution in [-0.2, 0) is 0 Å². The fraction of sp³-hybridized carbons (Fsp3) is 1.00. The Balaban J connectivity index is 1.90. The lowest BCUT2D eigenvalue weighted by atomic mass is 9.84. The maximum Gasteiger partial charge on any atom is 0.0614 e. The molecule has 112 valence electrons. The minimum absolute atomic E-state index is 0.0220. The molecule has 0 bridgehead atoms. The Hall–Kier alpha value is -0.120. The highest BCUT2D eigenvalue weighted by Gasteiger charge is 2.41. The maximum atomic E-state index is 9.80. The van der Waals surface area contributed by atoms with E-state index < -0.39 is 0 Å². The summed E-state index contributed by atoms with van der Waals surface area (Å²) in [5.74, 6) is 0.946. The number of rotatable bonds is 7. The van der Waals surface area contributed by atoms with Crippen LogP contribution in [0.15, 0.2) is 0 Å². The van der Waals surface area contributed by atoms with Gasteiger partial charge in [0.2, 0.25) is 0 Å². The monoisotopic (exact) mass is 268 g/mol. The number of nitrogens with zero attached hydrogens (tertiary/aromatic N) is 1. The Kier molecular flexibility index (Phi) is 5.27. The first-order valence-electron chi connectivity index (χ1n) is 8.21. The first-order valence-corrected chi connectivity index (χ1v) is 8.21. The van der Waals surface area contributed by atoms with E-state index in [2.05, 4.69) is 31.0 Å². The van der Waals surface area contributed by atoms with E-state index in [9.17, 15) is 5.11 Å². The van der Waals surface area contributed by atoms with E-state index in [1.165, 1.54) is 32.2 Å². The summed E-state index contributed by atoms with van der Waals surface area (Å²) in [6.07, 6.45) is 7.76. The average Bonchev–Trinajstić information content (AvgIpc) is 2.72. The van der Waals surface area contributed by atoms with E-state index >= 15 is 0 Å². The van der Waals surface area contributed by atoms with Gasteiger partial charge in [0.15, 0.2) is 0 Å². The predicted molar refractivity (Wildman–Crippen MR) is 80.3 cm³/mol. The topological polar surface area (TPSA) is 35.5 Å². The minimum Gasteiger partial charge on any atom is -0.394 e. The van der Waals surface area contributed by atoms with Crippen LogP contribution in [0.2, 0.25) is 0 Å². The SMILES string of the molecule is CCN(CC1CCC1)C1CCC(CO)(NC(C)C)C1. The van der Waals surface area contributed by atoms with Gasteiger partial charge in [-0.3, -0.25) is 0 Å². The molecule has 0 aromatic heterocycles. The molecular weight excluding hydrogens is 236 g/mol. The number of hydrogen-bond donors (Lipinski definition) is 2. The van der Waals surface area contributed by atoms with Crippen molar-refractivity contribution in [1.82, 2.24) is 10.2 Å². The van der Waals surface area contributed by atoms with Crippen LogP contribution in [0.25, 0.3) is 0 Å². The third-order valence-corrected chi connectivity index (χ3v) is 5.12. The molecule has 2 N–H and O–H groups in total. The van der Waals surface area contributed by atoms with Crippen LogP contribution in [0.4, 0.5) is 0 Å². The molecule has 2 rings (SSSR count). The second-order valence-corrected chi connectivity index (χ2v) is 7.02. The van der Waals surface area contributed by atoms with Crippen molar-refractivity contribution < 1.29 is 5.11 Å². The Bertz CT molecular complexity index is 278. The lowest BCUT2D eigenvalue weighted by Crippen LogP contribution is -2.51. The van der Waals surface area contributed by atoms with Gasteiger partial charge < -0.3 is 15.3 Å². The Labute approximate surface area is 118 Å². The van der Waals surface area contributed by atoms with E-state index in [1.807, 2.05) is 0 Å². The largest absolute Gasteiger partial charge is 0.394 e. The van der Waals surface area contributed by atoms with Gasteiger partial charge in [0.05, 0.1) is 6.61 Å². The zero-order valence-electron chi connectivity index (χ0n) is 13.0. The second-order valence-electron chi connectivity index (χ2n) is 7.02. The third kappa shape index (κ3) is 3.71. The van der Waals surface area contributed by atoms with Gasteiger partial charge in [-0.2, -0.15) is 0 Å². The van der Waals surface area contributed by atoms with Crippen molar-refractivity contribution in [2.75, 3.05) is 19.7 Å². The van der Waals surface area contributed by atoms with Crippen molar-refractivity contribution >= 4 is 0 Å². The van der Waals surface area contributed by atoms with Crippen LogP contribution >= 0.6 is 0 Å². The van der Waals surface area contributed by atoms with Crippen LogP contribution in [0.5, 0.6) is 0 Å². The summed E-state index contributed by atoms with van der Waals surface area (Å²) in [5.41, 5.74) is -0.0220. The fourth-order valence-electron chi connectivity index (χ4n) is 3.89. The van der Waals surface area contributed by atoms with Gasteiger partial charge in [0, 0.05) is 24.2 Å². The standard InChI is InChI=1S/C16H32N2O/c1-4-18(11-14-6-5-7-14)15-8-9-16(10-15,12-19)17-13(2)3/h13-15,17,19H,4-12H2,1-3H3. The summed E-state index contributed by atoms with van der Waals surface area (Å²) in [6, 6.07) is 1.12. The second kappa shape index (κ2) is 6.55. The zero-order valence-corrected chi connectivity index (χ0v) is 13.0. The number of hydrogen-bond acceptors (Lipinski definition) is 3. The smallest absolute Gasteiger partial charge is 0.0614 e. The molecule has 19 heavy (non-hydrogen) atoms. The quantitative estimate of drug-likeness (QED) is 0.744. The summed E-state index contributed by atoms with van der Waals surface area (Å²) in [7, 11) is 0. The molecule has 0 radical (unpaired) electrons. The predicted octanol–water partition coefficient (Wildman–Crippen LogP) is 2.39. The molecule has 3 nitrogen and oxygen atoms in total. The molecule has 2 saturated carbocycles. The van der Waals surface area contributed by atoms with Crippen LogP contribution in [0.3, 0.4) is 0 Å². The van der Waals surface area contributed by atoms with Crippen molar-refractivity contribution in [3.8, 4) is 0 Å². The van der Waals surface area contributed by atoms with Crippen molar-refractivity contribution in [2.24, 2.45) is 5.92 Å². The van der Waals surface area contributed by atoms with Crippen molar-refractivity contribution in [1.29, 1.82) is 0 Å². The number of aliphatic hydroxyl groups excluding tert-OH is 1. The Morgan fingerprint density at radius 1 is 1.32 bits per heavy atom. The molecule has 3 heteroatoms. The molecule has 2 aliphatic carbocycles. The first kappa shape index (κ1) is 15.3. The average molecular weight is 268 g/mol. The van der Waals surface area contributed by atoms with Crippen LogP contribution in [0.1, 0.15) is 59.3 Å². The summed E-state index contributed by atoms with van der Waals surface area (Å²) >= 11 is 0. The summed E-state index contributed by atoms with van der Waals surface area (Å²) in [5, 5.41) is 13.4. The zero-order chi connectivity index (χ0) is 13.9. The molecule has 0 spiro atoms. The molecule has 2 fully saturated rings.